The molecule has 0 aliphatic rings. The summed E-state index contributed by atoms with van der Waals surface area (Å²) in [5.41, 5.74) is 1.24. The smallest absolute Gasteiger partial charge is 0.313 e. The third-order valence-electron chi connectivity index (χ3n) is 2.98. The van der Waals surface area contributed by atoms with E-state index in [9.17, 15) is 4.79 Å². The van der Waals surface area contributed by atoms with Gasteiger partial charge in [-0.25, -0.2) is 0 Å². The molecule has 0 aliphatic heterocycles. The lowest BCUT2D eigenvalue weighted by atomic mass is 10.2. The molecular formula is C14H19N3O2S2. The Kier molecular flexibility index (Phi) is 5.05. The number of carbonyl (C=O) groups is 1. The van der Waals surface area contributed by atoms with Crippen LogP contribution in [0.25, 0.3) is 10.7 Å². The molecule has 0 aliphatic carbocycles. The van der Waals surface area contributed by atoms with E-state index in [0.717, 1.165) is 17.2 Å². The first-order valence-electron chi connectivity index (χ1n) is 6.73. The van der Waals surface area contributed by atoms with Crippen LogP contribution in [0.15, 0.2) is 11.2 Å². The molecular weight excluding hydrogens is 306 g/mol. The zero-order valence-electron chi connectivity index (χ0n) is 12.6. The van der Waals surface area contributed by atoms with E-state index in [0.29, 0.717) is 11.1 Å². The van der Waals surface area contributed by atoms with Crippen molar-refractivity contribution < 1.29 is 9.90 Å². The van der Waals surface area contributed by atoms with Gasteiger partial charge in [-0.3, -0.25) is 4.79 Å². The number of thiophene rings is 1. The Balaban J connectivity index is 2.38. The van der Waals surface area contributed by atoms with E-state index in [1.165, 1.54) is 22.2 Å². The van der Waals surface area contributed by atoms with Crippen molar-refractivity contribution in [2.24, 2.45) is 5.92 Å². The number of nitrogens with zero attached hydrogens (tertiary/aromatic N) is 3. The van der Waals surface area contributed by atoms with Gasteiger partial charge in [0.25, 0.3) is 0 Å². The van der Waals surface area contributed by atoms with E-state index >= 15 is 0 Å². The Labute approximate surface area is 132 Å². The highest BCUT2D eigenvalue weighted by Crippen LogP contribution is 2.32. The molecule has 1 N–H and O–H groups in total. The van der Waals surface area contributed by atoms with Gasteiger partial charge >= 0.3 is 5.97 Å². The van der Waals surface area contributed by atoms with Crippen molar-refractivity contribution in [3.8, 4) is 10.7 Å². The minimum absolute atomic E-state index is 0.00127. The lowest BCUT2D eigenvalue weighted by molar-refractivity contribution is -0.133. The van der Waals surface area contributed by atoms with Gasteiger partial charge in [-0.2, -0.15) is 0 Å². The third-order valence-corrected chi connectivity index (χ3v) is 5.08. The molecule has 2 aromatic heterocycles. The lowest BCUT2D eigenvalue weighted by Gasteiger charge is -2.11. The maximum absolute atomic E-state index is 10.8. The fraction of sp³-hybridized carbons (Fsp3) is 0.500. The maximum Gasteiger partial charge on any atom is 0.313 e. The van der Waals surface area contributed by atoms with Crippen molar-refractivity contribution in [3.05, 3.63) is 16.5 Å². The fourth-order valence-corrected chi connectivity index (χ4v) is 3.61. The monoisotopic (exact) mass is 325 g/mol. The van der Waals surface area contributed by atoms with Crippen molar-refractivity contribution in [2.45, 2.75) is 39.4 Å². The summed E-state index contributed by atoms with van der Waals surface area (Å²) in [6, 6.07) is 2.12. The van der Waals surface area contributed by atoms with Crippen LogP contribution in [-0.4, -0.2) is 31.6 Å². The van der Waals surface area contributed by atoms with Gasteiger partial charge in [0.2, 0.25) is 0 Å². The van der Waals surface area contributed by atoms with Gasteiger partial charge < -0.3 is 9.67 Å². The minimum Gasteiger partial charge on any atom is -0.481 e. The SMILES string of the molecule is Cc1cc(-c2nnc(SCC(=O)O)n2CC(C)C)sc1C. The van der Waals surface area contributed by atoms with Gasteiger partial charge in [-0.15, -0.1) is 21.5 Å². The van der Waals surface area contributed by atoms with E-state index in [1.54, 1.807) is 11.3 Å². The van der Waals surface area contributed by atoms with Crippen LogP contribution in [0.5, 0.6) is 0 Å². The second-order valence-electron chi connectivity index (χ2n) is 5.34. The zero-order chi connectivity index (χ0) is 15.6. The normalized spacial score (nSPS) is 11.3. The molecule has 7 heteroatoms. The predicted octanol–water partition coefficient (Wildman–Crippen LogP) is 3.46. The summed E-state index contributed by atoms with van der Waals surface area (Å²) >= 11 is 2.92. The molecule has 2 heterocycles. The van der Waals surface area contributed by atoms with Crippen molar-refractivity contribution in [1.82, 2.24) is 14.8 Å². The van der Waals surface area contributed by atoms with Crippen molar-refractivity contribution >= 4 is 29.1 Å². The summed E-state index contributed by atoms with van der Waals surface area (Å²) in [5, 5.41) is 18.0. The molecule has 21 heavy (non-hydrogen) atoms. The molecule has 0 radical (unpaired) electrons. The molecule has 0 saturated heterocycles. The Hall–Kier alpha value is -1.34. The number of aryl methyl sites for hydroxylation is 2. The first kappa shape index (κ1) is 16.0. The minimum atomic E-state index is -0.844. The quantitative estimate of drug-likeness (QED) is 0.824. The zero-order valence-corrected chi connectivity index (χ0v) is 14.2. The van der Waals surface area contributed by atoms with E-state index in [4.69, 9.17) is 5.11 Å². The molecule has 0 aromatic carbocycles. The molecule has 0 atom stereocenters. The van der Waals surface area contributed by atoms with Crippen LogP contribution in [0.2, 0.25) is 0 Å². The summed E-state index contributed by atoms with van der Waals surface area (Å²) in [5.74, 6) is 0.422. The van der Waals surface area contributed by atoms with Crippen LogP contribution < -0.4 is 0 Å². The lowest BCUT2D eigenvalue weighted by Crippen LogP contribution is -2.08. The number of aromatic nitrogens is 3. The summed E-state index contributed by atoms with van der Waals surface area (Å²) in [6.45, 7) is 9.20. The van der Waals surface area contributed by atoms with Crippen LogP contribution in [0.4, 0.5) is 0 Å². The number of thioether (sulfide) groups is 1. The Morgan fingerprint density at radius 3 is 2.67 bits per heavy atom. The molecule has 114 valence electrons. The van der Waals surface area contributed by atoms with Crippen LogP contribution in [0.1, 0.15) is 24.3 Å². The summed E-state index contributed by atoms with van der Waals surface area (Å²) in [4.78, 5) is 13.1. The number of carboxylic acid groups (broad SMARTS) is 1. The topological polar surface area (TPSA) is 68.0 Å². The van der Waals surface area contributed by atoms with E-state index in [-0.39, 0.29) is 5.75 Å². The molecule has 0 bridgehead atoms. The van der Waals surface area contributed by atoms with Gasteiger partial charge in [-0.1, -0.05) is 25.6 Å². The molecule has 5 nitrogen and oxygen atoms in total. The second kappa shape index (κ2) is 6.62. The first-order valence-corrected chi connectivity index (χ1v) is 8.54. The number of hydrogen-bond acceptors (Lipinski definition) is 5. The Morgan fingerprint density at radius 2 is 2.14 bits per heavy atom. The largest absolute Gasteiger partial charge is 0.481 e. The molecule has 0 saturated carbocycles. The van der Waals surface area contributed by atoms with E-state index in [1.807, 2.05) is 4.57 Å². The average molecular weight is 325 g/mol. The van der Waals surface area contributed by atoms with Crippen LogP contribution in [0.3, 0.4) is 0 Å². The molecule has 0 amide bonds. The number of carboxylic acids is 1. The Morgan fingerprint density at radius 1 is 1.43 bits per heavy atom. The Bertz CT molecular complexity index is 627. The number of rotatable bonds is 6. The van der Waals surface area contributed by atoms with Gasteiger partial charge in [0.15, 0.2) is 11.0 Å². The third kappa shape index (κ3) is 3.85. The maximum atomic E-state index is 10.8. The second-order valence-corrected chi connectivity index (χ2v) is 7.54. The van der Waals surface area contributed by atoms with E-state index in [2.05, 4.69) is 44.0 Å². The van der Waals surface area contributed by atoms with Gasteiger partial charge in [-0.05, 0) is 31.4 Å². The van der Waals surface area contributed by atoms with Crippen LogP contribution >= 0.6 is 23.1 Å². The average Bonchev–Trinajstić information content (AvgIpc) is 2.91. The van der Waals surface area contributed by atoms with Crippen molar-refractivity contribution in [1.29, 1.82) is 0 Å². The van der Waals surface area contributed by atoms with Gasteiger partial charge in [0.1, 0.15) is 0 Å². The standard InChI is InChI=1S/C14H19N3O2S2/c1-8(2)6-17-13(11-5-9(3)10(4)21-11)15-16-14(17)20-7-12(18)19/h5,8H,6-7H2,1-4H3,(H,18,19). The van der Waals surface area contributed by atoms with Crippen LogP contribution in [-0.2, 0) is 11.3 Å². The predicted molar refractivity (Wildman–Crippen MR) is 86.0 cm³/mol. The molecule has 0 spiro atoms. The van der Waals surface area contributed by atoms with Gasteiger partial charge in [0, 0.05) is 11.4 Å². The molecule has 2 rings (SSSR count). The highest BCUT2D eigenvalue weighted by atomic mass is 32.2. The highest BCUT2D eigenvalue weighted by Gasteiger charge is 2.18. The van der Waals surface area contributed by atoms with Gasteiger partial charge in [0.05, 0.1) is 10.6 Å². The van der Waals surface area contributed by atoms with Crippen LogP contribution in [0, 0.1) is 19.8 Å². The van der Waals surface area contributed by atoms with E-state index < -0.39 is 5.97 Å². The van der Waals surface area contributed by atoms with Crippen molar-refractivity contribution in [3.63, 3.8) is 0 Å². The highest BCUT2D eigenvalue weighted by molar-refractivity contribution is 7.99. The first-order chi connectivity index (χ1) is 9.88. The number of aliphatic carboxylic acids is 1. The summed E-state index contributed by atoms with van der Waals surface area (Å²) in [7, 11) is 0. The van der Waals surface area contributed by atoms with Crippen molar-refractivity contribution in [2.75, 3.05) is 5.75 Å². The molecule has 0 fully saturated rings. The summed E-state index contributed by atoms with van der Waals surface area (Å²) in [6.07, 6.45) is 0. The molecule has 2 aromatic rings. The molecule has 0 unspecified atom stereocenters. The fourth-order valence-electron chi connectivity index (χ4n) is 1.92. The summed E-state index contributed by atoms with van der Waals surface area (Å²) < 4.78 is 2.03. The number of hydrogen-bond donors (Lipinski definition) is 1.